The summed E-state index contributed by atoms with van der Waals surface area (Å²) in [7, 11) is 0. The van der Waals surface area contributed by atoms with E-state index >= 15 is 0 Å². The molecule has 1 aromatic carbocycles. The summed E-state index contributed by atoms with van der Waals surface area (Å²) in [6.07, 6.45) is 5.42. The van der Waals surface area contributed by atoms with Gasteiger partial charge in [-0.25, -0.2) is 0 Å². The number of nitrogens with zero attached hydrogens (tertiary/aromatic N) is 1. The maximum absolute atomic E-state index is 12.6. The van der Waals surface area contributed by atoms with Crippen molar-refractivity contribution in [1.82, 2.24) is 15.6 Å². The van der Waals surface area contributed by atoms with Crippen molar-refractivity contribution >= 4 is 5.91 Å². The molecule has 1 atom stereocenters. The molecule has 6 heteroatoms. The molecule has 0 radical (unpaired) electrons. The number of para-hydroxylation sites is 1. The molecule has 2 aliphatic rings. The fourth-order valence-electron chi connectivity index (χ4n) is 3.23. The first-order chi connectivity index (χ1) is 12.3. The van der Waals surface area contributed by atoms with E-state index in [0.717, 1.165) is 42.8 Å². The maximum Gasteiger partial charge on any atom is 0.255 e. The number of hydrogen-bond donors (Lipinski definition) is 2. The van der Waals surface area contributed by atoms with E-state index in [2.05, 4.69) is 15.6 Å². The lowest BCUT2D eigenvalue weighted by Gasteiger charge is -2.16. The van der Waals surface area contributed by atoms with Crippen LogP contribution >= 0.6 is 0 Å². The van der Waals surface area contributed by atoms with E-state index in [1.807, 2.05) is 18.2 Å². The second-order valence-corrected chi connectivity index (χ2v) is 6.29. The molecular formula is C19H21N3O3. The van der Waals surface area contributed by atoms with Gasteiger partial charge in [0.15, 0.2) is 0 Å². The average molecular weight is 339 g/mol. The second-order valence-electron chi connectivity index (χ2n) is 6.29. The molecule has 0 aliphatic carbocycles. The van der Waals surface area contributed by atoms with Crippen LogP contribution in [0.3, 0.4) is 0 Å². The van der Waals surface area contributed by atoms with E-state index < -0.39 is 0 Å². The monoisotopic (exact) mass is 339 g/mol. The molecule has 6 nitrogen and oxygen atoms in total. The molecule has 0 saturated carbocycles. The molecular weight excluding hydrogens is 318 g/mol. The van der Waals surface area contributed by atoms with Gasteiger partial charge in [0.2, 0.25) is 0 Å². The zero-order chi connectivity index (χ0) is 17.1. The van der Waals surface area contributed by atoms with Gasteiger partial charge in [-0.2, -0.15) is 0 Å². The van der Waals surface area contributed by atoms with Gasteiger partial charge in [-0.3, -0.25) is 9.78 Å². The molecule has 1 amide bonds. The third-order valence-electron chi connectivity index (χ3n) is 4.58. The molecule has 130 valence electrons. The number of carbonyl (C=O) groups excluding carboxylic acids is 1. The lowest BCUT2D eigenvalue weighted by atomic mass is 10.1. The van der Waals surface area contributed by atoms with Gasteiger partial charge >= 0.3 is 0 Å². The van der Waals surface area contributed by atoms with Crippen LogP contribution in [0, 0.1) is 0 Å². The largest absolute Gasteiger partial charge is 0.492 e. The van der Waals surface area contributed by atoms with Gasteiger partial charge in [-0.1, -0.05) is 12.1 Å². The topological polar surface area (TPSA) is 72.5 Å². The number of ether oxygens (including phenoxy) is 2. The van der Waals surface area contributed by atoms with Crippen LogP contribution in [-0.2, 0) is 13.0 Å². The van der Waals surface area contributed by atoms with Crippen molar-refractivity contribution in [2.24, 2.45) is 0 Å². The number of amides is 1. The normalized spacial score (nSPS) is 18.5. The van der Waals surface area contributed by atoms with E-state index in [0.29, 0.717) is 24.5 Å². The minimum atomic E-state index is -0.135. The Balaban J connectivity index is 1.45. The Hall–Kier alpha value is -2.60. The molecule has 0 unspecified atom stereocenters. The minimum absolute atomic E-state index is 0.135. The molecule has 3 heterocycles. The molecule has 25 heavy (non-hydrogen) atoms. The fraction of sp³-hybridized carbons (Fsp3) is 0.368. The first-order valence-electron chi connectivity index (χ1n) is 8.64. The number of rotatable bonds is 5. The van der Waals surface area contributed by atoms with Gasteiger partial charge < -0.3 is 20.1 Å². The number of nitrogens with one attached hydrogen (secondary N) is 2. The van der Waals surface area contributed by atoms with Crippen molar-refractivity contribution in [2.75, 3.05) is 19.7 Å². The highest BCUT2D eigenvalue weighted by atomic mass is 16.5. The summed E-state index contributed by atoms with van der Waals surface area (Å²) in [5.41, 5.74) is 2.60. The molecule has 1 fully saturated rings. The van der Waals surface area contributed by atoms with Gasteiger partial charge in [0.25, 0.3) is 5.91 Å². The summed E-state index contributed by atoms with van der Waals surface area (Å²) in [4.78, 5) is 16.7. The van der Waals surface area contributed by atoms with Gasteiger partial charge in [0.1, 0.15) is 17.6 Å². The Kier molecular flexibility index (Phi) is 4.52. The highest BCUT2D eigenvalue weighted by Gasteiger charge is 2.21. The van der Waals surface area contributed by atoms with Crippen molar-refractivity contribution in [3.05, 3.63) is 53.3 Å². The van der Waals surface area contributed by atoms with Crippen molar-refractivity contribution in [3.8, 4) is 11.5 Å². The molecule has 0 spiro atoms. The van der Waals surface area contributed by atoms with Crippen LogP contribution in [0.15, 0.2) is 36.7 Å². The average Bonchev–Trinajstić information content (AvgIpc) is 3.31. The van der Waals surface area contributed by atoms with E-state index in [1.165, 1.54) is 0 Å². The molecule has 2 aliphatic heterocycles. The zero-order valence-corrected chi connectivity index (χ0v) is 14.0. The standard InChI is InChI=1S/C19H21N3O3/c23-19(16-3-1-2-13-6-9-24-18(13)16)22-10-14-4-7-21-12-17(14)25-15-5-8-20-11-15/h1-4,7,12,15,20H,5-6,8-11H2,(H,22,23)/t15-/m0/s1. The van der Waals surface area contributed by atoms with Gasteiger partial charge in [0.05, 0.1) is 18.4 Å². The molecule has 1 saturated heterocycles. The number of benzene rings is 1. The van der Waals surface area contributed by atoms with Crippen molar-refractivity contribution in [2.45, 2.75) is 25.5 Å². The molecule has 4 rings (SSSR count). The van der Waals surface area contributed by atoms with Gasteiger partial charge in [0, 0.05) is 31.3 Å². The van der Waals surface area contributed by atoms with Crippen molar-refractivity contribution in [1.29, 1.82) is 0 Å². The smallest absolute Gasteiger partial charge is 0.255 e. The minimum Gasteiger partial charge on any atom is -0.492 e. The Labute approximate surface area is 146 Å². The van der Waals surface area contributed by atoms with Gasteiger partial charge in [-0.05, 0) is 30.7 Å². The lowest BCUT2D eigenvalue weighted by Crippen LogP contribution is -2.25. The van der Waals surface area contributed by atoms with Crippen LogP contribution in [0.5, 0.6) is 11.5 Å². The first kappa shape index (κ1) is 15.9. The number of aromatic nitrogens is 1. The van der Waals surface area contributed by atoms with E-state index in [-0.39, 0.29) is 12.0 Å². The number of carbonyl (C=O) groups is 1. The SMILES string of the molecule is O=C(NCc1ccncc1O[C@H]1CCNC1)c1cccc2c1OCC2. The van der Waals surface area contributed by atoms with Crippen LogP contribution in [0.2, 0.25) is 0 Å². The molecule has 2 N–H and O–H groups in total. The highest BCUT2D eigenvalue weighted by Crippen LogP contribution is 2.29. The summed E-state index contributed by atoms with van der Waals surface area (Å²) in [6, 6.07) is 7.58. The van der Waals surface area contributed by atoms with Crippen LogP contribution in [0.4, 0.5) is 0 Å². The summed E-state index contributed by atoms with van der Waals surface area (Å²) in [5.74, 6) is 1.30. The quantitative estimate of drug-likeness (QED) is 0.867. The van der Waals surface area contributed by atoms with Crippen LogP contribution in [-0.4, -0.2) is 36.7 Å². The third-order valence-corrected chi connectivity index (χ3v) is 4.58. The van der Waals surface area contributed by atoms with E-state index in [4.69, 9.17) is 9.47 Å². The predicted octanol–water partition coefficient (Wildman–Crippen LogP) is 1.69. The first-order valence-corrected chi connectivity index (χ1v) is 8.64. The lowest BCUT2D eigenvalue weighted by molar-refractivity contribution is 0.0947. The summed E-state index contributed by atoms with van der Waals surface area (Å²) < 4.78 is 11.6. The number of fused-ring (bicyclic) bond motifs is 1. The third kappa shape index (κ3) is 3.44. The van der Waals surface area contributed by atoms with Crippen molar-refractivity contribution in [3.63, 3.8) is 0 Å². The number of hydrogen-bond acceptors (Lipinski definition) is 5. The second kappa shape index (κ2) is 7.11. The summed E-state index contributed by atoms with van der Waals surface area (Å²) >= 11 is 0. The summed E-state index contributed by atoms with van der Waals surface area (Å²) in [5, 5.41) is 6.25. The van der Waals surface area contributed by atoms with Crippen LogP contribution < -0.4 is 20.1 Å². The fourth-order valence-corrected chi connectivity index (χ4v) is 3.23. The summed E-state index contributed by atoms with van der Waals surface area (Å²) in [6.45, 7) is 2.84. The highest BCUT2D eigenvalue weighted by molar-refractivity contribution is 5.97. The predicted molar refractivity (Wildman–Crippen MR) is 93.0 cm³/mol. The Morgan fingerprint density at radius 3 is 3.24 bits per heavy atom. The number of pyridine rings is 1. The Bertz CT molecular complexity index is 772. The molecule has 1 aromatic heterocycles. The Morgan fingerprint density at radius 2 is 2.36 bits per heavy atom. The Morgan fingerprint density at radius 1 is 1.40 bits per heavy atom. The van der Waals surface area contributed by atoms with Crippen molar-refractivity contribution < 1.29 is 14.3 Å². The zero-order valence-electron chi connectivity index (χ0n) is 14.0. The molecule has 2 aromatic rings. The maximum atomic E-state index is 12.6. The molecule has 0 bridgehead atoms. The van der Waals surface area contributed by atoms with Crippen LogP contribution in [0.25, 0.3) is 0 Å². The van der Waals surface area contributed by atoms with Gasteiger partial charge in [-0.15, -0.1) is 0 Å². The van der Waals surface area contributed by atoms with E-state index in [1.54, 1.807) is 18.5 Å². The van der Waals surface area contributed by atoms with E-state index in [9.17, 15) is 4.79 Å². The van der Waals surface area contributed by atoms with Crippen LogP contribution in [0.1, 0.15) is 27.9 Å².